The van der Waals surface area contributed by atoms with Gasteiger partial charge < -0.3 is 14.4 Å². The van der Waals surface area contributed by atoms with Gasteiger partial charge >= 0.3 is 0 Å². The Morgan fingerprint density at radius 3 is 2.27 bits per heavy atom. The van der Waals surface area contributed by atoms with Gasteiger partial charge in [-0.05, 0) is 49.4 Å². The highest BCUT2D eigenvalue weighted by Crippen LogP contribution is 2.32. The fourth-order valence-corrected chi connectivity index (χ4v) is 4.83. The Bertz CT molecular complexity index is 1300. The molecule has 1 aliphatic heterocycles. The number of halogens is 1. The van der Waals surface area contributed by atoms with Gasteiger partial charge in [-0.1, -0.05) is 39.7 Å². The first-order valence-corrected chi connectivity index (χ1v) is 11.6. The molecular formula is C26H23BrN2O4. The summed E-state index contributed by atoms with van der Waals surface area (Å²) < 4.78 is 8.76. The Labute approximate surface area is 199 Å². The van der Waals surface area contributed by atoms with Gasteiger partial charge in [0.25, 0.3) is 11.8 Å². The number of aryl methyl sites for hydroxylation is 1. The van der Waals surface area contributed by atoms with Crippen LogP contribution in [-0.4, -0.2) is 52.3 Å². The number of carbonyl (C=O) groups is 2. The number of aliphatic hydroxyl groups excluding tert-OH is 1. The minimum Gasteiger partial charge on any atom is -0.389 e. The van der Waals surface area contributed by atoms with Crippen molar-refractivity contribution in [2.75, 3.05) is 19.8 Å². The molecule has 0 fully saturated rings. The van der Waals surface area contributed by atoms with Crippen LogP contribution in [0.3, 0.4) is 0 Å². The van der Waals surface area contributed by atoms with Crippen LogP contribution in [0.1, 0.15) is 26.3 Å². The zero-order chi connectivity index (χ0) is 23.1. The molecule has 1 aliphatic rings. The van der Waals surface area contributed by atoms with E-state index in [9.17, 15) is 14.7 Å². The number of ether oxygens (including phenoxy) is 1. The highest BCUT2D eigenvalue weighted by atomic mass is 79.9. The second kappa shape index (κ2) is 8.74. The predicted molar refractivity (Wildman–Crippen MR) is 131 cm³/mol. The number of hydrogen-bond donors (Lipinski definition) is 1. The normalized spacial score (nSPS) is 14.5. The van der Waals surface area contributed by atoms with Gasteiger partial charge in [0.2, 0.25) is 0 Å². The third kappa shape index (κ3) is 3.97. The van der Waals surface area contributed by atoms with Crippen molar-refractivity contribution in [1.82, 2.24) is 9.47 Å². The molecule has 4 aromatic rings. The monoisotopic (exact) mass is 506 g/mol. The van der Waals surface area contributed by atoms with Crippen molar-refractivity contribution in [3.63, 3.8) is 0 Å². The first-order chi connectivity index (χ1) is 15.9. The molecule has 1 N–H and O–H groups in total. The van der Waals surface area contributed by atoms with E-state index in [1.54, 1.807) is 24.3 Å². The zero-order valence-corrected chi connectivity index (χ0v) is 19.7. The molecule has 1 unspecified atom stereocenters. The Hall–Kier alpha value is -3.00. The Morgan fingerprint density at radius 1 is 0.939 bits per heavy atom. The molecule has 33 heavy (non-hydrogen) atoms. The largest absolute Gasteiger partial charge is 0.389 e. The van der Waals surface area contributed by atoms with E-state index in [1.807, 2.05) is 12.1 Å². The molecule has 0 bridgehead atoms. The average molecular weight is 507 g/mol. The molecule has 168 valence electrons. The molecule has 5 rings (SSSR count). The van der Waals surface area contributed by atoms with Crippen LogP contribution < -0.4 is 0 Å². The summed E-state index contributed by atoms with van der Waals surface area (Å²) in [6, 6.07) is 19.2. The van der Waals surface area contributed by atoms with Crippen LogP contribution in [0.5, 0.6) is 0 Å². The molecule has 0 saturated carbocycles. The van der Waals surface area contributed by atoms with E-state index in [1.165, 1.54) is 10.5 Å². The third-order valence-corrected chi connectivity index (χ3v) is 6.52. The van der Waals surface area contributed by atoms with Crippen molar-refractivity contribution in [2.45, 2.75) is 19.6 Å². The Kier molecular flexibility index (Phi) is 5.78. The van der Waals surface area contributed by atoms with E-state index < -0.39 is 6.10 Å². The number of aromatic nitrogens is 1. The van der Waals surface area contributed by atoms with E-state index in [0.717, 1.165) is 26.3 Å². The van der Waals surface area contributed by atoms with E-state index in [0.29, 0.717) is 17.7 Å². The van der Waals surface area contributed by atoms with Crippen LogP contribution in [0.15, 0.2) is 65.1 Å². The third-order valence-electron chi connectivity index (χ3n) is 6.02. The van der Waals surface area contributed by atoms with E-state index >= 15 is 0 Å². The lowest BCUT2D eigenvalue weighted by Gasteiger charge is -2.17. The number of amides is 2. The molecule has 0 saturated heterocycles. The van der Waals surface area contributed by atoms with Crippen LogP contribution in [0.2, 0.25) is 0 Å². The van der Waals surface area contributed by atoms with Crippen LogP contribution in [0, 0.1) is 6.92 Å². The highest BCUT2D eigenvalue weighted by molar-refractivity contribution is 9.10. The van der Waals surface area contributed by atoms with E-state index in [2.05, 4.69) is 51.7 Å². The van der Waals surface area contributed by atoms with Crippen molar-refractivity contribution in [3.05, 3.63) is 81.8 Å². The van der Waals surface area contributed by atoms with Gasteiger partial charge in [-0.15, -0.1) is 0 Å². The number of rotatable bonds is 7. The van der Waals surface area contributed by atoms with Crippen molar-refractivity contribution in [2.24, 2.45) is 0 Å². The van der Waals surface area contributed by atoms with Crippen molar-refractivity contribution < 1.29 is 19.4 Å². The highest BCUT2D eigenvalue weighted by Gasteiger charge is 2.34. The second-order valence-corrected chi connectivity index (χ2v) is 9.24. The van der Waals surface area contributed by atoms with E-state index in [4.69, 9.17) is 4.74 Å². The minimum absolute atomic E-state index is 0.104. The number of carbonyl (C=O) groups excluding carboxylic acids is 2. The summed E-state index contributed by atoms with van der Waals surface area (Å²) in [5.74, 6) is -0.599. The van der Waals surface area contributed by atoms with E-state index in [-0.39, 0.29) is 31.6 Å². The maximum atomic E-state index is 12.4. The van der Waals surface area contributed by atoms with Crippen LogP contribution >= 0.6 is 15.9 Å². The maximum absolute atomic E-state index is 12.4. The number of imide groups is 1. The quantitative estimate of drug-likeness (QED) is 0.295. The van der Waals surface area contributed by atoms with Gasteiger partial charge in [0, 0.05) is 26.3 Å². The SMILES string of the molecule is Cc1ccc2c(c1)c1cc(Br)ccc1n2CC(O)COCCN1C(=O)c2ccccc2C1=O. The summed E-state index contributed by atoms with van der Waals surface area (Å²) in [4.78, 5) is 26.1. The summed E-state index contributed by atoms with van der Waals surface area (Å²) in [6.45, 7) is 2.87. The first kappa shape index (κ1) is 21.8. The molecule has 0 spiro atoms. The standard InChI is InChI=1S/C26H23BrN2O4/c1-16-6-8-23-21(12-16)22-13-17(27)7-9-24(22)29(23)14-18(30)15-33-11-10-28-25(31)19-4-2-3-5-20(19)26(28)32/h2-9,12-13,18,30H,10-11,14-15H2,1H3. The molecule has 1 atom stereocenters. The minimum atomic E-state index is -0.740. The van der Waals surface area contributed by atoms with Gasteiger partial charge in [-0.3, -0.25) is 14.5 Å². The maximum Gasteiger partial charge on any atom is 0.261 e. The zero-order valence-electron chi connectivity index (χ0n) is 18.1. The number of benzene rings is 3. The van der Waals surface area contributed by atoms with Crippen LogP contribution in [-0.2, 0) is 11.3 Å². The lowest BCUT2D eigenvalue weighted by Crippen LogP contribution is -2.34. The molecule has 1 aromatic heterocycles. The Balaban J connectivity index is 1.24. The second-order valence-electron chi connectivity index (χ2n) is 8.33. The molecule has 2 heterocycles. The van der Waals surface area contributed by atoms with Gasteiger partial charge in [0.1, 0.15) is 0 Å². The number of aliphatic hydroxyl groups is 1. The molecular weight excluding hydrogens is 484 g/mol. The topological polar surface area (TPSA) is 71.8 Å². The van der Waals surface area contributed by atoms with Gasteiger partial charge in [0.15, 0.2) is 0 Å². The van der Waals surface area contributed by atoms with Crippen LogP contribution in [0.25, 0.3) is 21.8 Å². The molecule has 0 radical (unpaired) electrons. The summed E-state index contributed by atoms with van der Waals surface area (Å²) in [6.07, 6.45) is -0.740. The van der Waals surface area contributed by atoms with Crippen molar-refractivity contribution in [1.29, 1.82) is 0 Å². The number of fused-ring (bicyclic) bond motifs is 4. The summed E-state index contributed by atoms with van der Waals surface area (Å²) in [5.41, 5.74) is 4.13. The smallest absolute Gasteiger partial charge is 0.261 e. The summed E-state index contributed by atoms with van der Waals surface area (Å²) in [5, 5.41) is 13.0. The van der Waals surface area contributed by atoms with Crippen LogP contribution in [0.4, 0.5) is 0 Å². The molecule has 3 aromatic carbocycles. The summed E-state index contributed by atoms with van der Waals surface area (Å²) >= 11 is 3.55. The fourth-order valence-electron chi connectivity index (χ4n) is 4.47. The first-order valence-electron chi connectivity index (χ1n) is 10.8. The molecule has 0 aliphatic carbocycles. The average Bonchev–Trinajstić information content (AvgIpc) is 3.23. The molecule has 6 nitrogen and oxygen atoms in total. The lowest BCUT2D eigenvalue weighted by molar-refractivity contribution is 0.0209. The Morgan fingerprint density at radius 2 is 1.58 bits per heavy atom. The van der Waals surface area contributed by atoms with Gasteiger partial charge in [-0.25, -0.2) is 0 Å². The van der Waals surface area contributed by atoms with Gasteiger partial charge in [-0.2, -0.15) is 0 Å². The fraction of sp³-hybridized carbons (Fsp3) is 0.231. The number of hydrogen-bond acceptors (Lipinski definition) is 4. The van der Waals surface area contributed by atoms with Crippen molar-refractivity contribution >= 4 is 49.6 Å². The predicted octanol–water partition coefficient (Wildman–Crippen LogP) is 4.54. The number of nitrogens with zero attached hydrogens (tertiary/aromatic N) is 2. The molecule has 7 heteroatoms. The van der Waals surface area contributed by atoms with Crippen molar-refractivity contribution in [3.8, 4) is 0 Å². The van der Waals surface area contributed by atoms with Gasteiger partial charge in [0.05, 0.1) is 43.5 Å². The lowest BCUT2D eigenvalue weighted by atomic mass is 10.1. The molecule has 2 amide bonds. The summed E-state index contributed by atoms with van der Waals surface area (Å²) in [7, 11) is 0.